The van der Waals surface area contributed by atoms with Crippen molar-refractivity contribution < 1.29 is 8.42 Å². The first-order chi connectivity index (χ1) is 9.49. The molecule has 0 spiro atoms. The SMILES string of the molecule is O=S(=O)(NCCCN1CCCC1)c1ccc(Br)cc1Br. The molecule has 0 bridgehead atoms. The third-order valence-corrected chi connectivity index (χ3v) is 6.26. The van der Waals surface area contributed by atoms with Crippen molar-refractivity contribution in [3.8, 4) is 0 Å². The molecule has 20 heavy (non-hydrogen) atoms. The minimum atomic E-state index is -3.44. The summed E-state index contributed by atoms with van der Waals surface area (Å²) in [5.41, 5.74) is 0. The van der Waals surface area contributed by atoms with Crippen LogP contribution in [0.4, 0.5) is 0 Å². The Morgan fingerprint density at radius 2 is 1.90 bits per heavy atom. The number of sulfonamides is 1. The van der Waals surface area contributed by atoms with Gasteiger partial charge < -0.3 is 4.90 Å². The summed E-state index contributed by atoms with van der Waals surface area (Å²) in [7, 11) is -3.44. The number of rotatable bonds is 6. The van der Waals surface area contributed by atoms with E-state index in [1.807, 2.05) is 0 Å². The molecule has 4 nitrogen and oxygen atoms in total. The second kappa shape index (κ2) is 7.35. The van der Waals surface area contributed by atoms with Gasteiger partial charge in [-0.2, -0.15) is 0 Å². The third kappa shape index (κ3) is 4.53. The van der Waals surface area contributed by atoms with E-state index >= 15 is 0 Å². The van der Waals surface area contributed by atoms with Crippen LogP contribution in [-0.2, 0) is 10.0 Å². The van der Waals surface area contributed by atoms with Gasteiger partial charge in [-0.3, -0.25) is 0 Å². The summed E-state index contributed by atoms with van der Waals surface area (Å²) in [6.45, 7) is 3.72. The Balaban J connectivity index is 1.87. The van der Waals surface area contributed by atoms with Gasteiger partial charge >= 0.3 is 0 Å². The van der Waals surface area contributed by atoms with Crippen LogP contribution < -0.4 is 4.72 Å². The van der Waals surface area contributed by atoms with Crippen LogP contribution in [0.1, 0.15) is 19.3 Å². The normalized spacial score (nSPS) is 16.7. The fourth-order valence-electron chi connectivity index (χ4n) is 2.29. The third-order valence-electron chi connectivity index (χ3n) is 3.33. The smallest absolute Gasteiger partial charge is 0.241 e. The van der Waals surface area contributed by atoms with Gasteiger partial charge in [0.25, 0.3) is 0 Å². The quantitative estimate of drug-likeness (QED) is 0.712. The second-order valence-electron chi connectivity index (χ2n) is 4.87. The molecule has 112 valence electrons. The lowest BCUT2D eigenvalue weighted by Crippen LogP contribution is -2.29. The highest BCUT2D eigenvalue weighted by atomic mass is 79.9. The topological polar surface area (TPSA) is 49.4 Å². The molecular formula is C13H18Br2N2O2S. The molecule has 0 unspecified atom stereocenters. The summed E-state index contributed by atoms with van der Waals surface area (Å²) >= 11 is 6.60. The zero-order valence-corrected chi connectivity index (χ0v) is 15.1. The molecule has 1 N–H and O–H groups in total. The highest BCUT2D eigenvalue weighted by molar-refractivity contribution is 9.11. The molecule has 1 heterocycles. The van der Waals surface area contributed by atoms with E-state index in [1.165, 1.54) is 12.8 Å². The molecule has 7 heteroatoms. The van der Waals surface area contributed by atoms with Gasteiger partial charge in [0, 0.05) is 15.5 Å². The zero-order valence-electron chi connectivity index (χ0n) is 11.1. The maximum atomic E-state index is 12.2. The molecule has 0 atom stereocenters. The van der Waals surface area contributed by atoms with Gasteiger partial charge in [0.1, 0.15) is 0 Å². The molecule has 0 aromatic heterocycles. The van der Waals surface area contributed by atoms with Crippen LogP contribution in [0.15, 0.2) is 32.0 Å². The molecular weight excluding hydrogens is 408 g/mol. The Labute approximate surface area is 137 Å². The monoisotopic (exact) mass is 424 g/mol. The van der Waals surface area contributed by atoms with Gasteiger partial charge in [-0.15, -0.1) is 0 Å². The van der Waals surface area contributed by atoms with Gasteiger partial charge in [-0.1, -0.05) is 15.9 Å². The van der Waals surface area contributed by atoms with Crippen molar-refractivity contribution in [1.82, 2.24) is 9.62 Å². The van der Waals surface area contributed by atoms with Gasteiger partial charge in [-0.25, -0.2) is 13.1 Å². The average Bonchev–Trinajstić information content (AvgIpc) is 2.87. The Morgan fingerprint density at radius 1 is 1.20 bits per heavy atom. The average molecular weight is 426 g/mol. The minimum absolute atomic E-state index is 0.280. The largest absolute Gasteiger partial charge is 0.303 e. The predicted molar refractivity (Wildman–Crippen MR) is 87.3 cm³/mol. The number of likely N-dealkylation sites (tertiary alicyclic amines) is 1. The van der Waals surface area contributed by atoms with Crippen LogP contribution in [0.5, 0.6) is 0 Å². The summed E-state index contributed by atoms with van der Waals surface area (Å²) in [6.07, 6.45) is 3.36. The van der Waals surface area contributed by atoms with Gasteiger partial charge in [-0.05, 0) is 73.0 Å². The fourth-order valence-corrected chi connectivity index (χ4v) is 5.10. The Hall–Kier alpha value is 0.0500. The van der Waals surface area contributed by atoms with Crippen molar-refractivity contribution in [2.45, 2.75) is 24.2 Å². The van der Waals surface area contributed by atoms with Crippen LogP contribution >= 0.6 is 31.9 Å². The van der Waals surface area contributed by atoms with E-state index in [0.29, 0.717) is 11.0 Å². The molecule has 0 aliphatic carbocycles. The summed E-state index contributed by atoms with van der Waals surface area (Å²) in [5.74, 6) is 0. The molecule has 1 aromatic rings. The molecule has 1 aromatic carbocycles. The fraction of sp³-hybridized carbons (Fsp3) is 0.538. The Bertz CT molecular complexity index is 557. The number of hydrogen-bond donors (Lipinski definition) is 1. The number of benzene rings is 1. The summed E-state index contributed by atoms with van der Waals surface area (Å²) in [6, 6.07) is 5.05. The number of nitrogens with zero attached hydrogens (tertiary/aromatic N) is 1. The lowest BCUT2D eigenvalue weighted by atomic mass is 10.4. The van der Waals surface area contributed by atoms with Crippen LogP contribution in [0, 0.1) is 0 Å². The lowest BCUT2D eigenvalue weighted by Gasteiger charge is -2.14. The van der Waals surface area contributed by atoms with Gasteiger partial charge in [0.05, 0.1) is 4.90 Å². The molecule has 0 amide bonds. The van der Waals surface area contributed by atoms with Crippen LogP contribution in [0.3, 0.4) is 0 Å². The number of hydrogen-bond acceptors (Lipinski definition) is 3. The predicted octanol–water partition coefficient (Wildman–Crippen LogP) is 2.98. The Kier molecular flexibility index (Phi) is 6.04. The molecule has 1 aliphatic heterocycles. The van der Waals surface area contributed by atoms with Crippen LogP contribution in [-0.4, -0.2) is 39.5 Å². The van der Waals surface area contributed by atoms with E-state index in [1.54, 1.807) is 18.2 Å². The maximum absolute atomic E-state index is 12.2. The van der Waals surface area contributed by atoms with Crippen molar-refractivity contribution in [2.75, 3.05) is 26.2 Å². The molecule has 2 rings (SSSR count). The number of nitrogens with one attached hydrogen (secondary N) is 1. The molecule has 1 aliphatic rings. The van der Waals surface area contributed by atoms with Gasteiger partial charge in [0.15, 0.2) is 0 Å². The van der Waals surface area contributed by atoms with E-state index in [4.69, 9.17) is 0 Å². The van der Waals surface area contributed by atoms with Crippen LogP contribution in [0.2, 0.25) is 0 Å². The molecule has 0 saturated carbocycles. The maximum Gasteiger partial charge on any atom is 0.241 e. The first-order valence-corrected chi connectivity index (χ1v) is 9.73. The van der Waals surface area contributed by atoms with Crippen molar-refractivity contribution in [1.29, 1.82) is 0 Å². The first kappa shape index (κ1) is 16.4. The van der Waals surface area contributed by atoms with E-state index in [0.717, 1.165) is 30.5 Å². The molecule has 1 fully saturated rings. The summed E-state index contributed by atoms with van der Waals surface area (Å²) in [4.78, 5) is 2.66. The van der Waals surface area contributed by atoms with Gasteiger partial charge in [0.2, 0.25) is 10.0 Å². The summed E-state index contributed by atoms with van der Waals surface area (Å²) < 4.78 is 28.5. The lowest BCUT2D eigenvalue weighted by molar-refractivity contribution is 0.334. The highest BCUT2D eigenvalue weighted by Gasteiger charge is 2.17. The van der Waals surface area contributed by atoms with Crippen molar-refractivity contribution >= 4 is 41.9 Å². The minimum Gasteiger partial charge on any atom is -0.303 e. The number of halogens is 2. The van der Waals surface area contributed by atoms with E-state index in [2.05, 4.69) is 41.5 Å². The summed E-state index contributed by atoms with van der Waals surface area (Å²) in [5, 5.41) is 0. The van der Waals surface area contributed by atoms with Crippen molar-refractivity contribution in [2.24, 2.45) is 0 Å². The zero-order chi connectivity index (χ0) is 14.6. The first-order valence-electron chi connectivity index (χ1n) is 6.66. The van der Waals surface area contributed by atoms with E-state index in [9.17, 15) is 8.42 Å². The van der Waals surface area contributed by atoms with E-state index < -0.39 is 10.0 Å². The molecule has 1 saturated heterocycles. The van der Waals surface area contributed by atoms with Crippen molar-refractivity contribution in [3.05, 3.63) is 27.1 Å². The Morgan fingerprint density at radius 3 is 2.55 bits per heavy atom. The highest BCUT2D eigenvalue weighted by Crippen LogP contribution is 2.25. The second-order valence-corrected chi connectivity index (χ2v) is 8.38. The standard InChI is InChI=1S/C13H18Br2N2O2S/c14-11-4-5-13(12(15)10-11)20(18,19)16-6-3-9-17-7-1-2-8-17/h4-5,10,16H,1-3,6-9H2. The molecule has 0 radical (unpaired) electrons. The van der Waals surface area contributed by atoms with Crippen LogP contribution in [0.25, 0.3) is 0 Å². The van der Waals surface area contributed by atoms with Crippen molar-refractivity contribution in [3.63, 3.8) is 0 Å². The van der Waals surface area contributed by atoms with E-state index in [-0.39, 0.29) is 4.90 Å².